The molecule has 20 heavy (non-hydrogen) atoms. The molecule has 1 saturated heterocycles. The number of hydrogen-bond donors (Lipinski definition) is 1. The van der Waals surface area contributed by atoms with Crippen molar-refractivity contribution in [3.05, 3.63) is 12.2 Å². The number of carbonyl (C=O) groups excluding carboxylic acids is 1. The maximum atomic E-state index is 12.4. The molecule has 1 fully saturated rings. The Balaban J connectivity index is 2.00. The van der Waals surface area contributed by atoms with Crippen LogP contribution in [-0.2, 0) is 11.8 Å². The first kappa shape index (κ1) is 15.0. The van der Waals surface area contributed by atoms with Crippen LogP contribution in [0.5, 0.6) is 0 Å². The molecule has 2 N–H and O–H groups in total. The van der Waals surface area contributed by atoms with Crippen LogP contribution >= 0.6 is 0 Å². The van der Waals surface area contributed by atoms with Gasteiger partial charge in [-0.05, 0) is 25.2 Å². The van der Waals surface area contributed by atoms with Gasteiger partial charge in [-0.2, -0.15) is 0 Å². The van der Waals surface area contributed by atoms with Crippen LogP contribution in [0.15, 0.2) is 6.33 Å². The average Bonchev–Trinajstić information content (AvgIpc) is 2.83. The minimum absolute atomic E-state index is 0.0746. The SMILES string of the molecule is CC(C)C[C@@H](N)C(=O)N1CCCC(c2nncn2C)C1. The van der Waals surface area contributed by atoms with Gasteiger partial charge in [-0.3, -0.25) is 4.79 Å². The van der Waals surface area contributed by atoms with Crippen molar-refractivity contribution < 1.29 is 4.79 Å². The zero-order chi connectivity index (χ0) is 14.7. The highest BCUT2D eigenvalue weighted by Gasteiger charge is 2.29. The number of aromatic nitrogens is 3. The summed E-state index contributed by atoms with van der Waals surface area (Å²) in [6, 6.07) is -0.381. The summed E-state index contributed by atoms with van der Waals surface area (Å²) < 4.78 is 1.94. The second kappa shape index (κ2) is 6.35. The lowest BCUT2D eigenvalue weighted by Gasteiger charge is -2.34. The van der Waals surface area contributed by atoms with Crippen LogP contribution in [0.4, 0.5) is 0 Å². The topological polar surface area (TPSA) is 77.0 Å². The lowest BCUT2D eigenvalue weighted by Crippen LogP contribution is -2.48. The zero-order valence-corrected chi connectivity index (χ0v) is 12.6. The number of piperidine rings is 1. The Hall–Kier alpha value is -1.43. The number of amides is 1. The van der Waals surface area contributed by atoms with Crippen molar-refractivity contribution in [2.24, 2.45) is 18.7 Å². The van der Waals surface area contributed by atoms with Crippen molar-refractivity contribution in [2.45, 2.75) is 45.1 Å². The van der Waals surface area contributed by atoms with E-state index < -0.39 is 0 Å². The molecule has 1 aromatic heterocycles. The van der Waals surface area contributed by atoms with Crippen molar-refractivity contribution in [1.82, 2.24) is 19.7 Å². The van der Waals surface area contributed by atoms with Gasteiger partial charge in [0.2, 0.25) is 5.91 Å². The molecule has 1 aliphatic heterocycles. The minimum atomic E-state index is -0.381. The molecule has 2 atom stereocenters. The van der Waals surface area contributed by atoms with E-state index in [9.17, 15) is 4.79 Å². The summed E-state index contributed by atoms with van der Waals surface area (Å²) in [6.45, 7) is 5.69. The summed E-state index contributed by atoms with van der Waals surface area (Å²) in [5.41, 5.74) is 6.02. The number of hydrogen-bond acceptors (Lipinski definition) is 4. The van der Waals surface area contributed by atoms with Gasteiger partial charge in [0.15, 0.2) is 0 Å². The fourth-order valence-electron chi connectivity index (χ4n) is 2.89. The molecule has 1 aromatic rings. The van der Waals surface area contributed by atoms with Crippen LogP contribution in [0, 0.1) is 5.92 Å². The molecule has 6 nitrogen and oxygen atoms in total. The zero-order valence-electron chi connectivity index (χ0n) is 12.6. The summed E-state index contributed by atoms with van der Waals surface area (Å²) in [5, 5.41) is 8.10. The lowest BCUT2D eigenvalue weighted by molar-refractivity contribution is -0.134. The number of likely N-dealkylation sites (tertiary alicyclic amines) is 1. The highest BCUT2D eigenvalue weighted by molar-refractivity contribution is 5.81. The molecule has 1 aliphatic rings. The summed E-state index contributed by atoms with van der Waals surface area (Å²) in [6.07, 6.45) is 4.50. The highest BCUT2D eigenvalue weighted by Crippen LogP contribution is 2.25. The second-order valence-electron chi connectivity index (χ2n) is 6.16. The molecule has 0 bridgehead atoms. The summed E-state index contributed by atoms with van der Waals surface area (Å²) in [4.78, 5) is 14.3. The Labute approximate surface area is 120 Å². The fourth-order valence-corrected chi connectivity index (χ4v) is 2.89. The Morgan fingerprint density at radius 3 is 2.90 bits per heavy atom. The Morgan fingerprint density at radius 1 is 1.55 bits per heavy atom. The molecule has 6 heteroatoms. The number of nitrogens with two attached hydrogens (primary N) is 1. The van der Waals surface area contributed by atoms with E-state index in [4.69, 9.17) is 5.73 Å². The standard InChI is InChI=1S/C14H25N5O/c1-10(2)7-12(15)14(20)19-6-4-5-11(8-19)13-17-16-9-18(13)3/h9-12H,4-8,15H2,1-3H3/t11?,12-/m1/s1. The van der Waals surface area contributed by atoms with Crippen LogP contribution in [0.2, 0.25) is 0 Å². The van der Waals surface area contributed by atoms with Crippen molar-refractivity contribution in [3.8, 4) is 0 Å². The summed E-state index contributed by atoms with van der Waals surface area (Å²) >= 11 is 0. The van der Waals surface area contributed by atoms with Gasteiger partial charge >= 0.3 is 0 Å². The van der Waals surface area contributed by atoms with E-state index in [1.807, 2.05) is 16.5 Å². The first-order valence-corrected chi connectivity index (χ1v) is 7.37. The number of carbonyl (C=O) groups is 1. The monoisotopic (exact) mass is 279 g/mol. The Morgan fingerprint density at radius 2 is 2.30 bits per heavy atom. The molecule has 0 spiro atoms. The van der Waals surface area contributed by atoms with Crippen LogP contribution in [0.3, 0.4) is 0 Å². The predicted octanol–water partition coefficient (Wildman–Crippen LogP) is 0.894. The van der Waals surface area contributed by atoms with E-state index in [1.54, 1.807) is 6.33 Å². The molecule has 2 rings (SSSR count). The number of aryl methyl sites for hydroxylation is 1. The molecule has 1 unspecified atom stereocenters. The maximum absolute atomic E-state index is 12.4. The predicted molar refractivity (Wildman–Crippen MR) is 77.0 cm³/mol. The van der Waals surface area contributed by atoms with E-state index in [0.717, 1.165) is 31.6 Å². The van der Waals surface area contributed by atoms with E-state index in [-0.39, 0.29) is 17.9 Å². The van der Waals surface area contributed by atoms with Gasteiger partial charge in [0.25, 0.3) is 0 Å². The van der Waals surface area contributed by atoms with Gasteiger partial charge in [0.05, 0.1) is 6.04 Å². The molecule has 112 valence electrons. The smallest absolute Gasteiger partial charge is 0.239 e. The van der Waals surface area contributed by atoms with E-state index in [1.165, 1.54) is 0 Å². The van der Waals surface area contributed by atoms with Crippen molar-refractivity contribution >= 4 is 5.91 Å². The summed E-state index contributed by atoms with van der Waals surface area (Å²) in [7, 11) is 1.95. The lowest BCUT2D eigenvalue weighted by atomic mass is 9.95. The third-order valence-electron chi connectivity index (χ3n) is 3.89. The van der Waals surface area contributed by atoms with Crippen LogP contribution in [0.1, 0.15) is 44.9 Å². The number of rotatable bonds is 4. The molecule has 2 heterocycles. The quantitative estimate of drug-likeness (QED) is 0.888. The van der Waals surface area contributed by atoms with Gasteiger partial charge in [0, 0.05) is 26.1 Å². The van der Waals surface area contributed by atoms with Gasteiger partial charge in [0.1, 0.15) is 12.2 Å². The van der Waals surface area contributed by atoms with Crippen molar-refractivity contribution in [2.75, 3.05) is 13.1 Å². The first-order chi connectivity index (χ1) is 9.49. The van der Waals surface area contributed by atoms with Crippen LogP contribution < -0.4 is 5.73 Å². The van der Waals surface area contributed by atoms with Crippen LogP contribution in [-0.4, -0.2) is 44.7 Å². The normalized spacial score (nSPS) is 21.2. The van der Waals surface area contributed by atoms with E-state index in [2.05, 4.69) is 24.0 Å². The second-order valence-corrected chi connectivity index (χ2v) is 6.16. The molecule has 0 aliphatic carbocycles. The van der Waals surface area contributed by atoms with E-state index in [0.29, 0.717) is 12.5 Å². The maximum Gasteiger partial charge on any atom is 0.239 e. The Kier molecular flexibility index (Phi) is 4.75. The highest BCUT2D eigenvalue weighted by atomic mass is 16.2. The molecule has 0 radical (unpaired) electrons. The largest absolute Gasteiger partial charge is 0.341 e. The molecule has 0 saturated carbocycles. The Bertz CT molecular complexity index is 456. The fraction of sp³-hybridized carbons (Fsp3) is 0.786. The third-order valence-corrected chi connectivity index (χ3v) is 3.89. The summed E-state index contributed by atoms with van der Waals surface area (Å²) in [5.74, 6) is 1.74. The van der Waals surface area contributed by atoms with E-state index >= 15 is 0 Å². The number of nitrogens with zero attached hydrogens (tertiary/aromatic N) is 4. The first-order valence-electron chi connectivity index (χ1n) is 7.37. The molecule has 0 aromatic carbocycles. The van der Waals surface area contributed by atoms with Gasteiger partial charge < -0.3 is 15.2 Å². The molecular weight excluding hydrogens is 254 g/mol. The van der Waals surface area contributed by atoms with Crippen LogP contribution in [0.25, 0.3) is 0 Å². The third kappa shape index (κ3) is 3.36. The molecular formula is C14H25N5O. The average molecular weight is 279 g/mol. The van der Waals surface area contributed by atoms with Crippen molar-refractivity contribution in [1.29, 1.82) is 0 Å². The van der Waals surface area contributed by atoms with Gasteiger partial charge in [-0.25, -0.2) is 0 Å². The van der Waals surface area contributed by atoms with Crippen molar-refractivity contribution in [3.63, 3.8) is 0 Å². The molecule has 1 amide bonds. The minimum Gasteiger partial charge on any atom is -0.341 e. The van der Waals surface area contributed by atoms with Gasteiger partial charge in [-0.15, -0.1) is 10.2 Å². The van der Waals surface area contributed by atoms with Gasteiger partial charge in [-0.1, -0.05) is 13.8 Å².